The number of rotatable bonds is 10. The van der Waals surface area contributed by atoms with E-state index in [0.717, 1.165) is 39.0 Å². The van der Waals surface area contributed by atoms with Crippen LogP contribution in [0.15, 0.2) is 0 Å². The first-order chi connectivity index (χ1) is 11.6. The van der Waals surface area contributed by atoms with E-state index in [1.54, 1.807) is 0 Å². The highest BCUT2D eigenvalue weighted by atomic mass is 16.5. The number of hydrogen-bond donors (Lipinski definition) is 1. The lowest BCUT2D eigenvalue weighted by atomic mass is 10.00. The molecule has 0 spiro atoms. The Morgan fingerprint density at radius 1 is 1.12 bits per heavy atom. The van der Waals surface area contributed by atoms with E-state index in [0.29, 0.717) is 25.5 Å². The van der Waals surface area contributed by atoms with Crippen LogP contribution in [0.1, 0.15) is 60.8 Å². The molecule has 1 aliphatic heterocycles. The molecule has 0 saturated carbocycles. The minimum atomic E-state index is -0.341. The Morgan fingerprint density at radius 2 is 1.72 bits per heavy atom. The van der Waals surface area contributed by atoms with Gasteiger partial charge in [-0.1, -0.05) is 0 Å². The van der Waals surface area contributed by atoms with Gasteiger partial charge in [0, 0.05) is 50.8 Å². The van der Waals surface area contributed by atoms with Crippen LogP contribution in [-0.4, -0.2) is 72.1 Å². The fraction of sp³-hybridized carbons (Fsp3) is 0.895. The zero-order valence-electron chi connectivity index (χ0n) is 16.9. The molecule has 6 nitrogen and oxygen atoms in total. The van der Waals surface area contributed by atoms with Crippen LogP contribution in [0.3, 0.4) is 0 Å². The van der Waals surface area contributed by atoms with Crippen LogP contribution >= 0.6 is 0 Å². The van der Waals surface area contributed by atoms with Crippen molar-refractivity contribution in [2.75, 3.05) is 32.8 Å². The van der Waals surface area contributed by atoms with Gasteiger partial charge in [0.05, 0.1) is 5.60 Å². The fourth-order valence-corrected chi connectivity index (χ4v) is 2.94. The Hall–Kier alpha value is -1.14. The quantitative estimate of drug-likeness (QED) is 0.609. The smallest absolute Gasteiger partial charge is 0.222 e. The third-order valence-corrected chi connectivity index (χ3v) is 5.01. The number of piperazine rings is 1. The van der Waals surface area contributed by atoms with E-state index in [-0.39, 0.29) is 17.0 Å². The zero-order chi connectivity index (χ0) is 19.1. The molecule has 1 fully saturated rings. The summed E-state index contributed by atoms with van der Waals surface area (Å²) in [6.45, 7) is 16.5. The van der Waals surface area contributed by atoms with Gasteiger partial charge in [-0.05, 0) is 54.4 Å². The maximum atomic E-state index is 12.4. The van der Waals surface area contributed by atoms with Crippen LogP contribution in [0, 0.1) is 0 Å². The summed E-state index contributed by atoms with van der Waals surface area (Å²) in [6.07, 6.45) is 2.69. The van der Waals surface area contributed by atoms with Crippen LogP contribution in [0.4, 0.5) is 0 Å². The fourth-order valence-electron chi connectivity index (χ4n) is 2.94. The standard InChI is InChI=1S/C19H37N3O3/c1-16(2)21-10-12-22(13-11-21)17(24)7-8-19(5,6)25-14-9-18(3,4)20-15-23/h15-16H,7-14H2,1-6H3,(H,20,23). The Balaban J connectivity index is 2.31. The van der Waals surface area contributed by atoms with Gasteiger partial charge in [0.2, 0.25) is 12.3 Å². The average molecular weight is 356 g/mol. The second kappa shape index (κ2) is 9.53. The molecule has 25 heavy (non-hydrogen) atoms. The van der Waals surface area contributed by atoms with E-state index in [9.17, 15) is 9.59 Å². The molecule has 0 bridgehead atoms. The van der Waals surface area contributed by atoms with Gasteiger partial charge in [-0.15, -0.1) is 0 Å². The molecule has 0 aromatic carbocycles. The maximum Gasteiger partial charge on any atom is 0.222 e. The number of amides is 2. The molecule has 0 radical (unpaired) electrons. The largest absolute Gasteiger partial charge is 0.375 e. The van der Waals surface area contributed by atoms with E-state index in [2.05, 4.69) is 24.1 Å². The summed E-state index contributed by atoms with van der Waals surface area (Å²) in [6, 6.07) is 0.544. The molecule has 1 saturated heterocycles. The molecule has 1 N–H and O–H groups in total. The van der Waals surface area contributed by atoms with Crippen LogP contribution in [0.5, 0.6) is 0 Å². The number of nitrogens with zero attached hydrogens (tertiary/aromatic N) is 2. The van der Waals surface area contributed by atoms with E-state index >= 15 is 0 Å². The molecule has 0 aromatic rings. The molecule has 1 rings (SSSR count). The average Bonchev–Trinajstić information content (AvgIpc) is 2.52. The number of carbonyl (C=O) groups excluding carboxylic acids is 2. The molecule has 0 unspecified atom stereocenters. The van der Waals surface area contributed by atoms with Crippen LogP contribution < -0.4 is 5.32 Å². The molecule has 6 heteroatoms. The van der Waals surface area contributed by atoms with Crippen molar-refractivity contribution in [2.45, 2.75) is 78.0 Å². The van der Waals surface area contributed by atoms with Gasteiger partial charge >= 0.3 is 0 Å². The van der Waals surface area contributed by atoms with Gasteiger partial charge in [0.1, 0.15) is 0 Å². The van der Waals surface area contributed by atoms with Crippen LogP contribution in [-0.2, 0) is 14.3 Å². The number of nitrogens with one attached hydrogen (secondary N) is 1. The Bertz CT molecular complexity index is 428. The molecular weight excluding hydrogens is 318 g/mol. The van der Waals surface area contributed by atoms with Gasteiger partial charge < -0.3 is 15.0 Å². The highest BCUT2D eigenvalue weighted by Gasteiger charge is 2.26. The molecule has 0 aromatic heterocycles. The van der Waals surface area contributed by atoms with Gasteiger partial charge in [-0.25, -0.2) is 0 Å². The zero-order valence-corrected chi connectivity index (χ0v) is 16.9. The van der Waals surface area contributed by atoms with E-state index < -0.39 is 0 Å². The first kappa shape index (κ1) is 21.9. The van der Waals surface area contributed by atoms with Crippen molar-refractivity contribution < 1.29 is 14.3 Å². The Labute approximate surface area is 153 Å². The predicted molar refractivity (Wildman–Crippen MR) is 100 cm³/mol. The second-order valence-electron chi connectivity index (χ2n) is 8.51. The molecule has 0 aliphatic carbocycles. The van der Waals surface area contributed by atoms with E-state index in [4.69, 9.17) is 4.74 Å². The topological polar surface area (TPSA) is 61.9 Å². The van der Waals surface area contributed by atoms with Crippen molar-refractivity contribution in [1.29, 1.82) is 0 Å². The molecule has 1 heterocycles. The minimum absolute atomic E-state index is 0.225. The summed E-state index contributed by atoms with van der Waals surface area (Å²) < 4.78 is 5.96. The first-order valence-corrected chi connectivity index (χ1v) is 9.43. The van der Waals surface area contributed by atoms with Gasteiger partial charge in [0.25, 0.3) is 0 Å². The van der Waals surface area contributed by atoms with Gasteiger partial charge in [-0.3, -0.25) is 14.5 Å². The summed E-state index contributed by atoms with van der Waals surface area (Å²) in [5.74, 6) is 0.225. The second-order valence-corrected chi connectivity index (χ2v) is 8.51. The summed E-state index contributed by atoms with van der Waals surface area (Å²) in [5, 5.41) is 2.79. The first-order valence-electron chi connectivity index (χ1n) is 9.43. The molecule has 0 atom stereocenters. The summed E-state index contributed by atoms with van der Waals surface area (Å²) in [7, 11) is 0. The monoisotopic (exact) mass is 355 g/mol. The third kappa shape index (κ3) is 8.19. The van der Waals surface area contributed by atoms with Crippen molar-refractivity contribution >= 4 is 12.3 Å². The Kier molecular flexibility index (Phi) is 8.35. The van der Waals surface area contributed by atoms with Crippen molar-refractivity contribution in [3.8, 4) is 0 Å². The summed E-state index contributed by atoms with van der Waals surface area (Å²) in [5.41, 5.74) is -0.615. The van der Waals surface area contributed by atoms with Crippen molar-refractivity contribution in [2.24, 2.45) is 0 Å². The van der Waals surface area contributed by atoms with E-state index in [1.165, 1.54) is 0 Å². The van der Waals surface area contributed by atoms with Crippen molar-refractivity contribution in [3.63, 3.8) is 0 Å². The van der Waals surface area contributed by atoms with Gasteiger partial charge in [0.15, 0.2) is 0 Å². The molecule has 1 aliphatic rings. The van der Waals surface area contributed by atoms with Crippen LogP contribution in [0.2, 0.25) is 0 Å². The Morgan fingerprint density at radius 3 is 2.24 bits per heavy atom. The third-order valence-electron chi connectivity index (χ3n) is 5.01. The lowest BCUT2D eigenvalue weighted by Crippen LogP contribution is -2.50. The molecule has 146 valence electrons. The van der Waals surface area contributed by atoms with Crippen LogP contribution in [0.25, 0.3) is 0 Å². The highest BCUT2D eigenvalue weighted by Crippen LogP contribution is 2.20. The SMILES string of the molecule is CC(C)N1CCN(C(=O)CCC(C)(C)OCCC(C)(C)NC=O)CC1. The maximum absolute atomic E-state index is 12.4. The van der Waals surface area contributed by atoms with Gasteiger partial charge in [-0.2, -0.15) is 0 Å². The lowest BCUT2D eigenvalue weighted by molar-refractivity contribution is -0.135. The molecule has 2 amide bonds. The van der Waals surface area contributed by atoms with E-state index in [1.807, 2.05) is 32.6 Å². The summed E-state index contributed by atoms with van der Waals surface area (Å²) in [4.78, 5) is 27.4. The van der Waals surface area contributed by atoms with Crippen molar-refractivity contribution in [1.82, 2.24) is 15.1 Å². The number of ether oxygens (including phenoxy) is 1. The minimum Gasteiger partial charge on any atom is -0.375 e. The lowest BCUT2D eigenvalue weighted by Gasteiger charge is -2.37. The normalized spacial score (nSPS) is 17.0. The van der Waals surface area contributed by atoms with Crippen molar-refractivity contribution in [3.05, 3.63) is 0 Å². The molecular formula is C19H37N3O3. The summed E-state index contributed by atoms with van der Waals surface area (Å²) >= 11 is 0. The number of hydrogen-bond acceptors (Lipinski definition) is 4. The number of carbonyl (C=O) groups is 2. The highest BCUT2D eigenvalue weighted by molar-refractivity contribution is 5.76. The predicted octanol–water partition coefficient (Wildman–Crippen LogP) is 2.03.